The van der Waals surface area contributed by atoms with E-state index in [4.69, 9.17) is 4.52 Å². The fourth-order valence-corrected chi connectivity index (χ4v) is 3.61. The van der Waals surface area contributed by atoms with E-state index in [-0.39, 0.29) is 11.9 Å². The Morgan fingerprint density at radius 2 is 2.45 bits per heavy atom. The molecule has 1 aliphatic heterocycles. The standard InChI is InChI=1S/C13H14FN3OS2/c14-9-2-1-3-10(6-9)20-8-12-16-13(18-17-12)11-7-19-5-4-15-11/h1-3,6,11,15H,4-5,7-8H2. The minimum absolute atomic E-state index is 0.147. The molecule has 0 radical (unpaired) electrons. The molecule has 1 aromatic heterocycles. The van der Waals surface area contributed by atoms with Gasteiger partial charge in [0.2, 0.25) is 5.89 Å². The van der Waals surface area contributed by atoms with Crippen LogP contribution in [0.2, 0.25) is 0 Å². The molecule has 1 N–H and O–H groups in total. The van der Waals surface area contributed by atoms with E-state index in [2.05, 4.69) is 15.5 Å². The average molecular weight is 311 g/mol. The third kappa shape index (κ3) is 3.53. The van der Waals surface area contributed by atoms with Gasteiger partial charge in [-0.1, -0.05) is 11.2 Å². The van der Waals surface area contributed by atoms with Crippen LogP contribution in [-0.4, -0.2) is 28.2 Å². The topological polar surface area (TPSA) is 51.0 Å². The molecule has 106 valence electrons. The molecule has 0 saturated carbocycles. The number of thioether (sulfide) groups is 2. The van der Waals surface area contributed by atoms with Gasteiger partial charge in [-0.3, -0.25) is 0 Å². The number of nitrogens with zero attached hydrogens (tertiary/aromatic N) is 2. The molecule has 0 amide bonds. The maximum Gasteiger partial charge on any atom is 0.244 e. The first kappa shape index (κ1) is 13.9. The molecule has 20 heavy (non-hydrogen) atoms. The quantitative estimate of drug-likeness (QED) is 0.876. The number of hydrogen-bond acceptors (Lipinski definition) is 6. The second kappa shape index (κ2) is 6.60. The summed E-state index contributed by atoms with van der Waals surface area (Å²) in [6.07, 6.45) is 0. The minimum Gasteiger partial charge on any atom is -0.338 e. The maximum atomic E-state index is 13.1. The Hall–Kier alpha value is -1.05. The number of halogens is 1. The smallest absolute Gasteiger partial charge is 0.244 e. The van der Waals surface area contributed by atoms with Crippen LogP contribution in [0.1, 0.15) is 17.8 Å². The molecule has 1 aliphatic rings. The van der Waals surface area contributed by atoms with Gasteiger partial charge in [-0.25, -0.2) is 4.39 Å². The molecule has 1 saturated heterocycles. The SMILES string of the molecule is Fc1cccc(SCc2noc(C3CSCCN3)n2)c1. The molecule has 0 bridgehead atoms. The third-order valence-electron chi connectivity index (χ3n) is 2.87. The first-order valence-corrected chi connectivity index (χ1v) is 8.47. The molecule has 1 unspecified atom stereocenters. The van der Waals surface area contributed by atoms with E-state index in [0.29, 0.717) is 17.5 Å². The predicted molar refractivity (Wildman–Crippen MR) is 78.3 cm³/mol. The summed E-state index contributed by atoms with van der Waals surface area (Å²) in [6, 6.07) is 6.65. The van der Waals surface area contributed by atoms with Crippen LogP contribution in [0.15, 0.2) is 33.7 Å². The fraction of sp³-hybridized carbons (Fsp3) is 0.385. The van der Waals surface area contributed by atoms with Gasteiger partial charge in [0.15, 0.2) is 5.82 Å². The van der Waals surface area contributed by atoms with Crippen LogP contribution in [-0.2, 0) is 5.75 Å². The van der Waals surface area contributed by atoms with Crippen LogP contribution in [0.4, 0.5) is 4.39 Å². The van der Waals surface area contributed by atoms with Gasteiger partial charge in [-0.15, -0.1) is 11.8 Å². The summed E-state index contributed by atoms with van der Waals surface area (Å²) in [7, 11) is 0. The highest BCUT2D eigenvalue weighted by molar-refractivity contribution is 7.99. The summed E-state index contributed by atoms with van der Waals surface area (Å²) < 4.78 is 18.4. The lowest BCUT2D eigenvalue weighted by atomic mass is 10.3. The van der Waals surface area contributed by atoms with Crippen LogP contribution in [0.5, 0.6) is 0 Å². The van der Waals surface area contributed by atoms with Crippen molar-refractivity contribution in [3.63, 3.8) is 0 Å². The Balaban J connectivity index is 1.59. The van der Waals surface area contributed by atoms with Crippen molar-refractivity contribution in [3.05, 3.63) is 41.8 Å². The zero-order valence-corrected chi connectivity index (χ0v) is 12.3. The average Bonchev–Trinajstić information content (AvgIpc) is 2.95. The largest absolute Gasteiger partial charge is 0.338 e. The normalized spacial score (nSPS) is 19.1. The second-order valence-electron chi connectivity index (χ2n) is 4.38. The van der Waals surface area contributed by atoms with Gasteiger partial charge in [0.1, 0.15) is 5.82 Å². The Labute approximate surface area is 124 Å². The molecule has 1 atom stereocenters. The van der Waals surface area contributed by atoms with E-state index in [1.54, 1.807) is 6.07 Å². The van der Waals surface area contributed by atoms with E-state index < -0.39 is 0 Å². The number of rotatable bonds is 4. The molecule has 3 rings (SSSR count). The van der Waals surface area contributed by atoms with E-state index in [1.165, 1.54) is 23.9 Å². The van der Waals surface area contributed by atoms with Crippen LogP contribution in [0.3, 0.4) is 0 Å². The predicted octanol–water partition coefficient (Wildman–Crippen LogP) is 2.88. The molecule has 0 spiro atoms. The molecular formula is C13H14FN3OS2. The summed E-state index contributed by atoms with van der Waals surface area (Å²) in [6.45, 7) is 0.963. The zero-order chi connectivity index (χ0) is 13.8. The van der Waals surface area contributed by atoms with Crippen molar-refractivity contribution in [1.82, 2.24) is 15.5 Å². The van der Waals surface area contributed by atoms with Gasteiger partial charge < -0.3 is 9.84 Å². The Morgan fingerprint density at radius 3 is 3.25 bits per heavy atom. The van der Waals surface area contributed by atoms with E-state index in [0.717, 1.165) is 22.9 Å². The summed E-state index contributed by atoms with van der Waals surface area (Å²) in [5.41, 5.74) is 0. The van der Waals surface area contributed by atoms with Crippen LogP contribution < -0.4 is 5.32 Å². The highest BCUT2D eigenvalue weighted by Crippen LogP contribution is 2.24. The molecular weight excluding hydrogens is 297 g/mol. The highest BCUT2D eigenvalue weighted by atomic mass is 32.2. The second-order valence-corrected chi connectivity index (χ2v) is 6.58. The molecule has 0 aliphatic carbocycles. The third-order valence-corrected chi connectivity index (χ3v) is 4.92. The lowest BCUT2D eigenvalue weighted by Crippen LogP contribution is -2.30. The lowest BCUT2D eigenvalue weighted by molar-refractivity contribution is 0.339. The van der Waals surface area contributed by atoms with Crippen LogP contribution >= 0.6 is 23.5 Å². The van der Waals surface area contributed by atoms with Crippen molar-refractivity contribution in [2.75, 3.05) is 18.1 Å². The summed E-state index contributed by atoms with van der Waals surface area (Å²) in [5, 5.41) is 7.34. The first-order valence-electron chi connectivity index (χ1n) is 6.33. The van der Waals surface area contributed by atoms with Crippen molar-refractivity contribution in [2.45, 2.75) is 16.7 Å². The zero-order valence-electron chi connectivity index (χ0n) is 10.7. The van der Waals surface area contributed by atoms with Gasteiger partial charge in [0.05, 0.1) is 11.8 Å². The van der Waals surface area contributed by atoms with Gasteiger partial charge in [-0.2, -0.15) is 16.7 Å². The summed E-state index contributed by atoms with van der Waals surface area (Å²) in [4.78, 5) is 5.27. The monoisotopic (exact) mass is 311 g/mol. The number of benzene rings is 1. The van der Waals surface area contributed by atoms with E-state index in [9.17, 15) is 4.39 Å². The number of hydrogen-bond donors (Lipinski definition) is 1. The van der Waals surface area contributed by atoms with Crippen molar-refractivity contribution >= 4 is 23.5 Å². The summed E-state index contributed by atoms with van der Waals surface area (Å²) in [5.74, 6) is 3.71. The van der Waals surface area contributed by atoms with Crippen molar-refractivity contribution in [2.24, 2.45) is 0 Å². The van der Waals surface area contributed by atoms with E-state index in [1.807, 2.05) is 17.8 Å². The Morgan fingerprint density at radius 1 is 1.50 bits per heavy atom. The van der Waals surface area contributed by atoms with Crippen LogP contribution in [0.25, 0.3) is 0 Å². The molecule has 7 heteroatoms. The first-order chi connectivity index (χ1) is 9.81. The fourth-order valence-electron chi connectivity index (χ4n) is 1.90. The molecule has 4 nitrogen and oxygen atoms in total. The van der Waals surface area contributed by atoms with Crippen molar-refractivity contribution in [3.8, 4) is 0 Å². The molecule has 2 aromatic rings. The Bertz CT molecular complexity index is 572. The number of aromatic nitrogens is 2. The van der Waals surface area contributed by atoms with Gasteiger partial charge in [0.25, 0.3) is 0 Å². The lowest BCUT2D eigenvalue weighted by Gasteiger charge is -2.19. The van der Waals surface area contributed by atoms with Crippen molar-refractivity contribution < 1.29 is 8.91 Å². The molecule has 2 heterocycles. The maximum absolute atomic E-state index is 13.1. The highest BCUT2D eigenvalue weighted by Gasteiger charge is 2.21. The Kier molecular flexibility index (Phi) is 4.59. The minimum atomic E-state index is -0.229. The van der Waals surface area contributed by atoms with Gasteiger partial charge in [0, 0.05) is 22.9 Å². The molecule has 1 fully saturated rings. The van der Waals surface area contributed by atoms with Crippen molar-refractivity contribution in [1.29, 1.82) is 0 Å². The number of nitrogens with one attached hydrogen (secondary N) is 1. The molecule has 1 aromatic carbocycles. The summed E-state index contributed by atoms with van der Waals surface area (Å²) >= 11 is 3.38. The van der Waals surface area contributed by atoms with Gasteiger partial charge >= 0.3 is 0 Å². The van der Waals surface area contributed by atoms with Crippen LogP contribution in [0, 0.1) is 5.82 Å². The van der Waals surface area contributed by atoms with Gasteiger partial charge in [-0.05, 0) is 18.2 Å². The van der Waals surface area contributed by atoms with E-state index >= 15 is 0 Å².